The van der Waals surface area contributed by atoms with Crippen LogP contribution in [0.5, 0.6) is 0 Å². The summed E-state index contributed by atoms with van der Waals surface area (Å²) in [5.74, 6) is 2.13. The fourth-order valence-corrected chi connectivity index (χ4v) is 6.01. The lowest BCUT2D eigenvalue weighted by Crippen LogP contribution is -2.37. The SMILES string of the molecule is CCC1SCCSC1C(NC)c1cc(F)ccc1Cl. The summed E-state index contributed by atoms with van der Waals surface area (Å²) in [6.07, 6.45) is 1.13. The Labute approximate surface area is 128 Å². The second-order valence-electron chi connectivity index (χ2n) is 4.59. The molecule has 0 amide bonds. The highest BCUT2D eigenvalue weighted by atomic mass is 35.5. The predicted molar refractivity (Wildman–Crippen MR) is 86.0 cm³/mol. The van der Waals surface area contributed by atoms with Gasteiger partial charge in [0.2, 0.25) is 0 Å². The van der Waals surface area contributed by atoms with E-state index in [2.05, 4.69) is 12.2 Å². The zero-order valence-corrected chi connectivity index (χ0v) is 13.5. The maximum absolute atomic E-state index is 13.5. The molecule has 1 fully saturated rings. The molecule has 1 aromatic rings. The molecular weight excluding hydrogens is 301 g/mol. The average molecular weight is 320 g/mol. The van der Waals surface area contributed by atoms with Gasteiger partial charge < -0.3 is 5.32 Å². The first-order chi connectivity index (χ1) is 9.17. The fraction of sp³-hybridized carbons (Fsp3) is 0.571. The molecule has 1 heterocycles. The number of thioether (sulfide) groups is 2. The molecule has 2 rings (SSSR count). The first kappa shape index (κ1) is 15.5. The Bertz CT molecular complexity index is 430. The minimum Gasteiger partial charge on any atom is -0.312 e. The molecule has 3 atom stereocenters. The monoisotopic (exact) mass is 319 g/mol. The van der Waals surface area contributed by atoms with Crippen molar-refractivity contribution in [3.8, 4) is 0 Å². The van der Waals surface area contributed by atoms with Crippen LogP contribution in [0.3, 0.4) is 0 Å². The van der Waals surface area contributed by atoms with Crippen LogP contribution in [0.15, 0.2) is 18.2 Å². The zero-order chi connectivity index (χ0) is 13.8. The van der Waals surface area contributed by atoms with Crippen LogP contribution >= 0.6 is 35.1 Å². The van der Waals surface area contributed by atoms with Crippen molar-refractivity contribution in [3.05, 3.63) is 34.6 Å². The lowest BCUT2D eigenvalue weighted by Gasteiger charge is -2.36. The van der Waals surface area contributed by atoms with Crippen LogP contribution in [0.4, 0.5) is 4.39 Å². The number of nitrogens with one attached hydrogen (secondary N) is 1. The maximum atomic E-state index is 13.5. The van der Waals surface area contributed by atoms with E-state index in [0.29, 0.717) is 15.5 Å². The van der Waals surface area contributed by atoms with Crippen LogP contribution in [0.1, 0.15) is 24.9 Å². The Morgan fingerprint density at radius 1 is 1.42 bits per heavy atom. The lowest BCUT2D eigenvalue weighted by atomic mass is 10.00. The molecule has 1 aromatic carbocycles. The maximum Gasteiger partial charge on any atom is 0.123 e. The summed E-state index contributed by atoms with van der Waals surface area (Å²) in [7, 11) is 1.93. The number of halogens is 2. The molecule has 0 bridgehead atoms. The minimum absolute atomic E-state index is 0.103. The number of hydrogen-bond acceptors (Lipinski definition) is 3. The van der Waals surface area contributed by atoms with E-state index >= 15 is 0 Å². The molecule has 1 N–H and O–H groups in total. The van der Waals surface area contributed by atoms with Crippen molar-refractivity contribution in [2.24, 2.45) is 0 Å². The number of rotatable bonds is 4. The summed E-state index contributed by atoms with van der Waals surface area (Å²) in [5.41, 5.74) is 0.877. The van der Waals surface area contributed by atoms with Gasteiger partial charge in [0.1, 0.15) is 5.82 Å². The van der Waals surface area contributed by atoms with Gasteiger partial charge in [0, 0.05) is 33.1 Å². The molecular formula is C14H19ClFNS2. The van der Waals surface area contributed by atoms with Gasteiger partial charge in [0.15, 0.2) is 0 Å². The lowest BCUT2D eigenvalue weighted by molar-refractivity contribution is 0.538. The second-order valence-corrected chi connectivity index (χ2v) is 7.63. The molecule has 0 spiro atoms. The first-order valence-corrected chi connectivity index (χ1v) is 9.00. The van der Waals surface area contributed by atoms with Crippen LogP contribution in [-0.2, 0) is 0 Å². The molecule has 1 nitrogen and oxygen atoms in total. The summed E-state index contributed by atoms with van der Waals surface area (Å²) in [5, 5.41) is 5.01. The van der Waals surface area contributed by atoms with Crippen LogP contribution < -0.4 is 5.32 Å². The van der Waals surface area contributed by atoms with Crippen LogP contribution in [-0.4, -0.2) is 29.1 Å². The summed E-state index contributed by atoms with van der Waals surface area (Å²) in [4.78, 5) is 0. The van der Waals surface area contributed by atoms with Gasteiger partial charge in [-0.3, -0.25) is 0 Å². The zero-order valence-electron chi connectivity index (χ0n) is 11.2. The van der Waals surface area contributed by atoms with Crippen molar-refractivity contribution in [2.45, 2.75) is 29.9 Å². The molecule has 0 aliphatic carbocycles. The largest absolute Gasteiger partial charge is 0.312 e. The molecule has 1 saturated heterocycles. The van der Waals surface area contributed by atoms with Crippen molar-refractivity contribution in [1.82, 2.24) is 5.32 Å². The third kappa shape index (κ3) is 3.60. The van der Waals surface area contributed by atoms with Gasteiger partial charge in [-0.15, -0.1) is 0 Å². The molecule has 106 valence electrons. The first-order valence-electron chi connectivity index (χ1n) is 6.52. The standard InChI is InChI=1S/C14H19ClFNS2/c1-3-12-14(19-7-6-18-12)13(17-2)10-8-9(16)4-5-11(10)15/h4-5,8,12-14,17H,3,6-7H2,1-2H3. The normalized spacial score (nSPS) is 25.3. The summed E-state index contributed by atoms with van der Waals surface area (Å²) >= 11 is 10.3. The third-order valence-corrected chi connectivity index (χ3v) is 7.12. The van der Waals surface area contributed by atoms with Crippen LogP contribution in [0, 0.1) is 5.82 Å². The summed E-state index contributed by atoms with van der Waals surface area (Å²) in [6.45, 7) is 2.22. The van der Waals surface area contributed by atoms with Gasteiger partial charge in [-0.25, -0.2) is 4.39 Å². The fourth-order valence-electron chi connectivity index (χ4n) is 2.50. The average Bonchev–Trinajstić information content (AvgIpc) is 2.44. The number of hydrogen-bond donors (Lipinski definition) is 1. The van der Waals surface area contributed by atoms with E-state index < -0.39 is 0 Å². The van der Waals surface area contributed by atoms with Crippen LogP contribution in [0.25, 0.3) is 0 Å². The van der Waals surface area contributed by atoms with Crippen molar-refractivity contribution in [3.63, 3.8) is 0 Å². The van der Waals surface area contributed by atoms with E-state index in [1.165, 1.54) is 11.8 Å². The van der Waals surface area contributed by atoms with E-state index in [-0.39, 0.29) is 11.9 Å². The minimum atomic E-state index is -0.221. The van der Waals surface area contributed by atoms with Crippen molar-refractivity contribution >= 4 is 35.1 Å². The molecule has 3 unspecified atom stereocenters. The molecule has 0 radical (unpaired) electrons. The van der Waals surface area contributed by atoms with Gasteiger partial charge in [-0.05, 0) is 37.2 Å². The highest BCUT2D eigenvalue weighted by Gasteiger charge is 2.33. The third-order valence-electron chi connectivity index (χ3n) is 3.43. The molecule has 1 aliphatic heterocycles. The van der Waals surface area contributed by atoms with E-state index in [0.717, 1.165) is 17.7 Å². The van der Waals surface area contributed by atoms with Gasteiger partial charge in [0.25, 0.3) is 0 Å². The van der Waals surface area contributed by atoms with E-state index in [9.17, 15) is 4.39 Å². The highest BCUT2D eigenvalue weighted by molar-refractivity contribution is 8.07. The van der Waals surface area contributed by atoms with E-state index in [1.807, 2.05) is 30.6 Å². The van der Waals surface area contributed by atoms with Gasteiger partial charge in [-0.2, -0.15) is 23.5 Å². The Hall–Kier alpha value is 0.1000. The van der Waals surface area contributed by atoms with Crippen LogP contribution in [0.2, 0.25) is 5.02 Å². The summed E-state index contributed by atoms with van der Waals surface area (Å²) in [6, 6.07) is 4.73. The molecule has 5 heteroatoms. The smallest absolute Gasteiger partial charge is 0.123 e. The number of benzene rings is 1. The summed E-state index contributed by atoms with van der Waals surface area (Å²) < 4.78 is 13.5. The van der Waals surface area contributed by atoms with Crippen molar-refractivity contribution in [1.29, 1.82) is 0 Å². The molecule has 0 aromatic heterocycles. The molecule has 19 heavy (non-hydrogen) atoms. The second kappa shape index (κ2) is 7.21. The quantitative estimate of drug-likeness (QED) is 0.885. The van der Waals surface area contributed by atoms with Crippen molar-refractivity contribution < 1.29 is 4.39 Å². The Morgan fingerprint density at radius 3 is 2.84 bits per heavy atom. The van der Waals surface area contributed by atoms with E-state index in [4.69, 9.17) is 11.6 Å². The van der Waals surface area contributed by atoms with Gasteiger partial charge in [-0.1, -0.05) is 18.5 Å². The topological polar surface area (TPSA) is 12.0 Å². The van der Waals surface area contributed by atoms with Crippen molar-refractivity contribution in [2.75, 3.05) is 18.6 Å². The van der Waals surface area contributed by atoms with Gasteiger partial charge in [0.05, 0.1) is 0 Å². The molecule has 0 saturated carbocycles. The Balaban J connectivity index is 2.29. The Morgan fingerprint density at radius 2 is 2.16 bits per heavy atom. The van der Waals surface area contributed by atoms with Gasteiger partial charge >= 0.3 is 0 Å². The highest BCUT2D eigenvalue weighted by Crippen LogP contribution is 2.41. The Kier molecular flexibility index (Phi) is 5.87. The van der Waals surface area contributed by atoms with E-state index in [1.54, 1.807) is 12.1 Å². The molecule has 1 aliphatic rings. The predicted octanol–water partition coefficient (Wildman–Crippen LogP) is 4.37.